The lowest BCUT2D eigenvalue weighted by molar-refractivity contribution is 0.467. The van der Waals surface area contributed by atoms with Gasteiger partial charge in [0.05, 0.1) is 11.7 Å². The number of rotatable bonds is 6. The Balaban J connectivity index is 2.12. The van der Waals surface area contributed by atoms with E-state index < -0.39 is 0 Å². The zero-order valence-corrected chi connectivity index (χ0v) is 13.5. The Bertz CT molecular complexity index is 552. The lowest BCUT2D eigenvalue weighted by atomic mass is 10.0. The quantitative estimate of drug-likeness (QED) is 0.628. The molecule has 1 aromatic heterocycles. The lowest BCUT2D eigenvalue weighted by Gasteiger charge is -2.15. The molecule has 5 heteroatoms. The van der Waals surface area contributed by atoms with Gasteiger partial charge in [-0.15, -0.1) is 0 Å². The Morgan fingerprint density at radius 3 is 2.85 bits per heavy atom. The molecule has 2 aromatic rings. The molecule has 1 aromatic carbocycles. The molecule has 2 unspecified atom stereocenters. The molecule has 0 spiro atoms. The Labute approximate surface area is 128 Å². The first-order valence-corrected chi connectivity index (χ1v) is 7.69. The van der Waals surface area contributed by atoms with Crippen molar-refractivity contribution in [3.63, 3.8) is 0 Å². The smallest absolute Gasteiger partial charge is 0.0644 e. The van der Waals surface area contributed by atoms with E-state index >= 15 is 0 Å². The van der Waals surface area contributed by atoms with Crippen LogP contribution in [0.3, 0.4) is 0 Å². The molecule has 108 valence electrons. The van der Waals surface area contributed by atoms with Crippen LogP contribution in [0.4, 0.5) is 0 Å². The summed E-state index contributed by atoms with van der Waals surface area (Å²) in [4.78, 5) is 0. The van der Waals surface area contributed by atoms with Crippen LogP contribution < -0.4 is 11.3 Å². The van der Waals surface area contributed by atoms with Gasteiger partial charge >= 0.3 is 0 Å². The van der Waals surface area contributed by atoms with Gasteiger partial charge in [0.25, 0.3) is 0 Å². The molecule has 4 nitrogen and oxygen atoms in total. The van der Waals surface area contributed by atoms with Crippen molar-refractivity contribution in [2.24, 2.45) is 5.84 Å². The lowest BCUT2D eigenvalue weighted by Crippen LogP contribution is -2.29. The first-order valence-electron chi connectivity index (χ1n) is 6.89. The maximum absolute atomic E-state index is 5.70. The van der Waals surface area contributed by atoms with Crippen molar-refractivity contribution in [1.82, 2.24) is 15.2 Å². The topological polar surface area (TPSA) is 55.9 Å². The molecule has 0 saturated heterocycles. The summed E-state index contributed by atoms with van der Waals surface area (Å²) in [5, 5.41) is 4.63. The maximum Gasteiger partial charge on any atom is 0.0644 e. The monoisotopic (exact) mass is 336 g/mol. The van der Waals surface area contributed by atoms with E-state index in [4.69, 9.17) is 5.84 Å². The summed E-state index contributed by atoms with van der Waals surface area (Å²) in [5.74, 6) is 5.70. The molecule has 2 rings (SSSR count). The second-order valence-corrected chi connectivity index (χ2v) is 5.94. The number of nitrogens with zero attached hydrogens (tertiary/aromatic N) is 2. The van der Waals surface area contributed by atoms with Crippen LogP contribution in [0.25, 0.3) is 0 Å². The van der Waals surface area contributed by atoms with Gasteiger partial charge in [0, 0.05) is 23.1 Å². The number of benzene rings is 1. The minimum Gasteiger partial charge on any atom is -0.271 e. The molecule has 0 saturated carbocycles. The fourth-order valence-electron chi connectivity index (χ4n) is 2.12. The summed E-state index contributed by atoms with van der Waals surface area (Å²) in [6.07, 6.45) is 3.89. The summed E-state index contributed by atoms with van der Waals surface area (Å²) in [6.45, 7) is 4.33. The highest BCUT2D eigenvalue weighted by molar-refractivity contribution is 9.10. The standard InChI is InChI=1S/C15H21BrN4/c1-3-11(2)20-8-7-14(19-20)10-15(18-17)12-5-4-6-13(16)9-12/h4-9,11,15,18H,3,10,17H2,1-2H3. The number of hydrogen-bond acceptors (Lipinski definition) is 3. The number of aromatic nitrogens is 2. The van der Waals surface area contributed by atoms with E-state index in [1.165, 1.54) is 0 Å². The zero-order valence-electron chi connectivity index (χ0n) is 11.9. The van der Waals surface area contributed by atoms with Crippen molar-refractivity contribution in [3.8, 4) is 0 Å². The van der Waals surface area contributed by atoms with Crippen LogP contribution in [0.5, 0.6) is 0 Å². The average molecular weight is 337 g/mol. The van der Waals surface area contributed by atoms with Gasteiger partial charge in [-0.25, -0.2) is 0 Å². The fraction of sp³-hybridized carbons (Fsp3) is 0.400. The van der Waals surface area contributed by atoms with Crippen LogP contribution in [0.1, 0.15) is 43.6 Å². The SMILES string of the molecule is CCC(C)n1ccc(CC(NN)c2cccc(Br)c2)n1. The fourth-order valence-corrected chi connectivity index (χ4v) is 2.54. The van der Waals surface area contributed by atoms with E-state index in [0.717, 1.165) is 28.6 Å². The van der Waals surface area contributed by atoms with Crippen LogP contribution in [-0.4, -0.2) is 9.78 Å². The van der Waals surface area contributed by atoms with Gasteiger partial charge in [-0.1, -0.05) is 35.0 Å². The summed E-state index contributed by atoms with van der Waals surface area (Å²) < 4.78 is 3.07. The van der Waals surface area contributed by atoms with Gasteiger partial charge in [0.2, 0.25) is 0 Å². The number of nitrogens with one attached hydrogen (secondary N) is 1. The van der Waals surface area contributed by atoms with Crippen molar-refractivity contribution >= 4 is 15.9 Å². The third-order valence-corrected chi connectivity index (χ3v) is 4.06. The van der Waals surface area contributed by atoms with Crippen LogP contribution in [-0.2, 0) is 6.42 Å². The van der Waals surface area contributed by atoms with E-state index in [1.807, 2.05) is 23.0 Å². The van der Waals surface area contributed by atoms with Gasteiger partial charge in [-0.3, -0.25) is 16.0 Å². The molecule has 0 amide bonds. The first-order chi connectivity index (χ1) is 9.63. The predicted molar refractivity (Wildman–Crippen MR) is 85.1 cm³/mol. The number of hydrogen-bond donors (Lipinski definition) is 2. The first kappa shape index (κ1) is 15.2. The highest BCUT2D eigenvalue weighted by Crippen LogP contribution is 2.21. The van der Waals surface area contributed by atoms with Gasteiger partial charge in [-0.2, -0.15) is 5.10 Å². The molecule has 0 aliphatic rings. The van der Waals surface area contributed by atoms with Crippen molar-refractivity contribution in [3.05, 3.63) is 52.3 Å². The van der Waals surface area contributed by atoms with Crippen LogP contribution in [0.2, 0.25) is 0 Å². The maximum atomic E-state index is 5.70. The molecule has 0 fully saturated rings. The number of nitrogens with two attached hydrogens (primary N) is 1. The Morgan fingerprint density at radius 1 is 1.40 bits per heavy atom. The Kier molecular flexibility index (Phi) is 5.34. The summed E-state index contributed by atoms with van der Waals surface area (Å²) in [6, 6.07) is 10.7. The third-order valence-electron chi connectivity index (χ3n) is 3.57. The van der Waals surface area contributed by atoms with E-state index in [2.05, 4.69) is 58.5 Å². The van der Waals surface area contributed by atoms with Crippen molar-refractivity contribution in [2.75, 3.05) is 0 Å². The minimum absolute atomic E-state index is 0.0628. The predicted octanol–water partition coefficient (Wildman–Crippen LogP) is 3.36. The molecule has 0 radical (unpaired) electrons. The minimum atomic E-state index is 0.0628. The molecule has 20 heavy (non-hydrogen) atoms. The van der Waals surface area contributed by atoms with E-state index in [9.17, 15) is 0 Å². The second-order valence-electron chi connectivity index (χ2n) is 5.02. The van der Waals surface area contributed by atoms with E-state index in [-0.39, 0.29) is 6.04 Å². The largest absolute Gasteiger partial charge is 0.271 e. The van der Waals surface area contributed by atoms with Crippen molar-refractivity contribution < 1.29 is 0 Å². The molecule has 0 aliphatic heterocycles. The molecule has 0 aliphatic carbocycles. The highest BCUT2D eigenvalue weighted by atomic mass is 79.9. The molecular formula is C15H21BrN4. The van der Waals surface area contributed by atoms with Gasteiger partial charge in [0.1, 0.15) is 0 Å². The number of hydrazine groups is 1. The van der Waals surface area contributed by atoms with Crippen LogP contribution >= 0.6 is 15.9 Å². The normalized spacial score (nSPS) is 14.2. The summed E-state index contributed by atoms with van der Waals surface area (Å²) in [7, 11) is 0. The van der Waals surface area contributed by atoms with Gasteiger partial charge in [-0.05, 0) is 37.1 Å². The molecule has 2 atom stereocenters. The molecular weight excluding hydrogens is 316 g/mol. The summed E-state index contributed by atoms with van der Waals surface area (Å²) >= 11 is 3.49. The Hall–Kier alpha value is -1.17. The van der Waals surface area contributed by atoms with Gasteiger partial charge in [0.15, 0.2) is 0 Å². The van der Waals surface area contributed by atoms with Crippen LogP contribution in [0.15, 0.2) is 41.0 Å². The van der Waals surface area contributed by atoms with Crippen molar-refractivity contribution in [1.29, 1.82) is 0 Å². The second kappa shape index (κ2) is 7.02. The molecule has 3 N–H and O–H groups in total. The van der Waals surface area contributed by atoms with E-state index in [1.54, 1.807) is 0 Å². The zero-order chi connectivity index (χ0) is 14.5. The van der Waals surface area contributed by atoms with E-state index in [0.29, 0.717) is 6.04 Å². The Morgan fingerprint density at radius 2 is 2.20 bits per heavy atom. The average Bonchev–Trinajstić information content (AvgIpc) is 2.92. The highest BCUT2D eigenvalue weighted by Gasteiger charge is 2.13. The molecule has 1 heterocycles. The number of halogens is 1. The van der Waals surface area contributed by atoms with Gasteiger partial charge < -0.3 is 0 Å². The van der Waals surface area contributed by atoms with Crippen molar-refractivity contribution in [2.45, 2.75) is 38.8 Å². The summed E-state index contributed by atoms with van der Waals surface area (Å²) in [5.41, 5.74) is 5.08. The molecule has 0 bridgehead atoms. The third kappa shape index (κ3) is 3.69. The van der Waals surface area contributed by atoms with Crippen LogP contribution in [0, 0.1) is 0 Å².